The summed E-state index contributed by atoms with van der Waals surface area (Å²) >= 11 is 5.90. The Morgan fingerprint density at radius 2 is 1.93 bits per heavy atom. The van der Waals surface area contributed by atoms with Gasteiger partial charge in [0.1, 0.15) is 11.5 Å². The van der Waals surface area contributed by atoms with Gasteiger partial charge >= 0.3 is 12.1 Å². The molecular formula is C19H15ClF3NO4. The minimum Gasteiger partial charge on any atom is -0.469 e. The normalized spacial score (nSPS) is 16.1. The van der Waals surface area contributed by atoms with Crippen LogP contribution in [0.1, 0.15) is 33.9 Å². The van der Waals surface area contributed by atoms with E-state index in [-0.39, 0.29) is 28.8 Å². The van der Waals surface area contributed by atoms with Crippen LogP contribution in [0.25, 0.3) is 0 Å². The van der Waals surface area contributed by atoms with Crippen molar-refractivity contribution >= 4 is 23.5 Å². The van der Waals surface area contributed by atoms with Crippen molar-refractivity contribution in [3.8, 4) is 11.5 Å². The number of ether oxygens (including phenoxy) is 2. The van der Waals surface area contributed by atoms with Crippen LogP contribution in [0, 0.1) is 0 Å². The number of fused-ring (bicyclic) bond motifs is 1. The largest absolute Gasteiger partial charge is 0.469 e. The standard InChI is InChI=1S/C19H15ClF3NO4/c1-24-15(9-17(25)27-2)12-5-4-11(8-13(12)18(24)26)28-16-6-3-10(7-14(16)20)19(21,22)23/h3-8,15H,9H2,1-2H3. The number of nitrogens with zero attached hydrogens (tertiary/aromatic N) is 1. The van der Waals surface area contributed by atoms with Crippen molar-refractivity contribution in [2.75, 3.05) is 14.2 Å². The van der Waals surface area contributed by atoms with Crippen molar-refractivity contribution in [3.05, 3.63) is 58.1 Å². The van der Waals surface area contributed by atoms with E-state index in [1.54, 1.807) is 19.2 Å². The second-order valence-corrected chi connectivity index (χ2v) is 6.61. The number of carbonyl (C=O) groups excluding carboxylic acids is 2. The Labute approximate surface area is 163 Å². The van der Waals surface area contributed by atoms with Crippen LogP contribution in [-0.2, 0) is 15.7 Å². The first-order valence-electron chi connectivity index (χ1n) is 8.14. The summed E-state index contributed by atoms with van der Waals surface area (Å²) in [6.07, 6.45) is -4.50. The number of rotatable bonds is 4. The lowest BCUT2D eigenvalue weighted by Gasteiger charge is -2.19. The average molecular weight is 414 g/mol. The molecule has 0 spiro atoms. The molecule has 3 rings (SSSR count). The zero-order valence-electron chi connectivity index (χ0n) is 14.8. The Bertz CT molecular complexity index is 945. The summed E-state index contributed by atoms with van der Waals surface area (Å²) in [5.41, 5.74) is 0.0990. The average Bonchev–Trinajstić information content (AvgIpc) is 2.87. The molecule has 0 aliphatic carbocycles. The van der Waals surface area contributed by atoms with E-state index in [0.717, 1.165) is 18.2 Å². The molecule has 1 atom stereocenters. The molecule has 148 valence electrons. The SMILES string of the molecule is COC(=O)CC1c2ccc(Oc3ccc(C(F)(F)F)cc3Cl)cc2C(=O)N1C. The van der Waals surface area contributed by atoms with Gasteiger partial charge < -0.3 is 14.4 Å². The van der Waals surface area contributed by atoms with Crippen LogP contribution in [0.2, 0.25) is 5.02 Å². The van der Waals surface area contributed by atoms with Gasteiger partial charge in [-0.15, -0.1) is 0 Å². The highest BCUT2D eigenvalue weighted by atomic mass is 35.5. The third-order valence-corrected chi connectivity index (χ3v) is 4.77. The molecule has 2 aromatic carbocycles. The van der Waals surface area contributed by atoms with Crippen LogP contribution < -0.4 is 4.74 Å². The predicted molar refractivity (Wildman–Crippen MR) is 94.4 cm³/mol. The van der Waals surface area contributed by atoms with E-state index in [9.17, 15) is 22.8 Å². The summed E-state index contributed by atoms with van der Waals surface area (Å²) in [6, 6.07) is 6.96. The van der Waals surface area contributed by atoms with E-state index >= 15 is 0 Å². The van der Waals surface area contributed by atoms with Gasteiger partial charge in [-0.3, -0.25) is 9.59 Å². The molecule has 0 radical (unpaired) electrons. The molecule has 1 unspecified atom stereocenters. The van der Waals surface area contributed by atoms with Gasteiger partial charge in [0.25, 0.3) is 5.91 Å². The van der Waals surface area contributed by atoms with E-state index in [0.29, 0.717) is 11.1 Å². The van der Waals surface area contributed by atoms with Gasteiger partial charge in [-0.05, 0) is 35.9 Å². The van der Waals surface area contributed by atoms with Gasteiger partial charge in [0.05, 0.1) is 30.2 Å². The smallest absolute Gasteiger partial charge is 0.416 e. The fraction of sp³-hybridized carbons (Fsp3) is 0.263. The molecule has 0 saturated carbocycles. The first-order chi connectivity index (χ1) is 13.1. The molecule has 0 bridgehead atoms. The first kappa shape index (κ1) is 20.0. The van der Waals surface area contributed by atoms with Crippen LogP contribution in [-0.4, -0.2) is 30.9 Å². The summed E-state index contributed by atoms with van der Waals surface area (Å²) in [5.74, 6) is -0.484. The van der Waals surface area contributed by atoms with Crippen LogP contribution in [0.5, 0.6) is 11.5 Å². The molecule has 5 nitrogen and oxygen atoms in total. The lowest BCUT2D eigenvalue weighted by Crippen LogP contribution is -2.25. The Balaban J connectivity index is 1.87. The van der Waals surface area contributed by atoms with Crippen molar-refractivity contribution < 1.29 is 32.2 Å². The minimum absolute atomic E-state index is 0.0106. The van der Waals surface area contributed by atoms with Gasteiger partial charge in [-0.25, -0.2) is 0 Å². The summed E-state index contributed by atoms with van der Waals surface area (Å²) in [5, 5.41) is -0.206. The number of amides is 1. The number of hydrogen-bond donors (Lipinski definition) is 0. The molecule has 1 aliphatic heterocycles. The van der Waals surface area contributed by atoms with Gasteiger partial charge in [-0.1, -0.05) is 17.7 Å². The lowest BCUT2D eigenvalue weighted by molar-refractivity contribution is -0.141. The van der Waals surface area contributed by atoms with Crippen molar-refractivity contribution in [3.63, 3.8) is 0 Å². The highest BCUT2D eigenvalue weighted by Gasteiger charge is 2.36. The van der Waals surface area contributed by atoms with Gasteiger partial charge in [0.15, 0.2) is 0 Å². The van der Waals surface area contributed by atoms with Crippen molar-refractivity contribution in [1.82, 2.24) is 4.90 Å². The summed E-state index contributed by atoms with van der Waals surface area (Å²) in [7, 11) is 2.84. The van der Waals surface area contributed by atoms with Gasteiger partial charge in [0.2, 0.25) is 0 Å². The molecule has 2 aromatic rings. The number of halogens is 4. The Hall–Kier alpha value is -2.74. The topological polar surface area (TPSA) is 55.8 Å². The summed E-state index contributed by atoms with van der Waals surface area (Å²) in [6.45, 7) is 0. The molecule has 9 heteroatoms. The highest BCUT2D eigenvalue weighted by molar-refractivity contribution is 6.32. The molecule has 1 heterocycles. The maximum absolute atomic E-state index is 12.7. The first-order valence-corrected chi connectivity index (χ1v) is 8.52. The van der Waals surface area contributed by atoms with E-state index in [1.807, 2.05) is 0 Å². The Morgan fingerprint density at radius 1 is 1.21 bits per heavy atom. The molecule has 0 N–H and O–H groups in total. The van der Waals surface area contributed by atoms with Gasteiger partial charge in [0, 0.05) is 12.6 Å². The number of esters is 1. The highest BCUT2D eigenvalue weighted by Crippen LogP contribution is 2.40. The minimum atomic E-state index is -4.51. The molecule has 28 heavy (non-hydrogen) atoms. The van der Waals surface area contributed by atoms with Crippen LogP contribution in [0.4, 0.5) is 13.2 Å². The molecule has 0 saturated heterocycles. The van der Waals surface area contributed by atoms with Crippen LogP contribution in [0.15, 0.2) is 36.4 Å². The third kappa shape index (κ3) is 3.77. The second kappa shape index (κ2) is 7.35. The lowest BCUT2D eigenvalue weighted by atomic mass is 10.0. The van der Waals surface area contributed by atoms with E-state index in [1.165, 1.54) is 18.1 Å². The maximum atomic E-state index is 12.7. The van der Waals surface area contributed by atoms with Crippen molar-refractivity contribution in [2.24, 2.45) is 0 Å². The van der Waals surface area contributed by atoms with Crippen LogP contribution in [0.3, 0.4) is 0 Å². The van der Waals surface area contributed by atoms with Crippen LogP contribution >= 0.6 is 11.6 Å². The number of hydrogen-bond acceptors (Lipinski definition) is 4. The Morgan fingerprint density at radius 3 is 2.54 bits per heavy atom. The fourth-order valence-corrected chi connectivity index (χ4v) is 3.21. The third-order valence-electron chi connectivity index (χ3n) is 4.48. The molecule has 1 aliphatic rings. The molecule has 0 fully saturated rings. The zero-order chi connectivity index (χ0) is 20.6. The number of methoxy groups -OCH3 is 1. The fourth-order valence-electron chi connectivity index (χ4n) is 2.99. The van der Waals surface area contributed by atoms with E-state index in [4.69, 9.17) is 16.3 Å². The monoisotopic (exact) mass is 413 g/mol. The summed E-state index contributed by atoms with van der Waals surface area (Å²) in [4.78, 5) is 25.5. The number of alkyl halides is 3. The quantitative estimate of drug-likeness (QED) is 0.673. The maximum Gasteiger partial charge on any atom is 0.416 e. The van der Waals surface area contributed by atoms with E-state index < -0.39 is 23.8 Å². The Kier molecular flexibility index (Phi) is 5.25. The zero-order valence-corrected chi connectivity index (χ0v) is 15.6. The summed E-state index contributed by atoms with van der Waals surface area (Å²) < 4.78 is 48.4. The molecule has 1 amide bonds. The number of benzene rings is 2. The molecule has 0 aromatic heterocycles. The second-order valence-electron chi connectivity index (χ2n) is 6.21. The van der Waals surface area contributed by atoms with Crippen molar-refractivity contribution in [2.45, 2.75) is 18.6 Å². The van der Waals surface area contributed by atoms with Crippen molar-refractivity contribution in [1.29, 1.82) is 0 Å². The number of carbonyl (C=O) groups is 2. The van der Waals surface area contributed by atoms with Gasteiger partial charge in [-0.2, -0.15) is 13.2 Å². The van der Waals surface area contributed by atoms with E-state index in [2.05, 4.69) is 4.74 Å². The molecular weight excluding hydrogens is 399 g/mol. The predicted octanol–water partition coefficient (Wildman–Crippen LogP) is 4.84.